The second kappa shape index (κ2) is 10.2. The van der Waals surface area contributed by atoms with Gasteiger partial charge in [-0.1, -0.05) is 30.3 Å². The van der Waals surface area contributed by atoms with E-state index in [2.05, 4.69) is 8.83 Å². The molecule has 2 aromatic rings. The number of hydrogen-bond acceptors (Lipinski definition) is 9. The average Bonchev–Trinajstić information content (AvgIpc) is 3.03. The summed E-state index contributed by atoms with van der Waals surface area (Å²) in [6, 6.07) is 7.24. The normalized spacial score (nSPS) is 25.2. The Morgan fingerprint density at radius 3 is 2.41 bits per heavy atom. The number of phosphoric ester groups is 1. The van der Waals surface area contributed by atoms with Gasteiger partial charge >= 0.3 is 21.8 Å². The molecule has 5 unspecified atom stereocenters. The van der Waals surface area contributed by atoms with Crippen molar-refractivity contribution < 1.29 is 51.5 Å². The third-order valence-electron chi connectivity index (χ3n) is 4.83. The highest BCUT2D eigenvalue weighted by atomic mass is 31.2. The van der Waals surface area contributed by atoms with E-state index in [4.69, 9.17) is 9.63 Å². The molecule has 6 atom stereocenters. The minimum absolute atomic E-state index is 0.229. The molecule has 1 aromatic heterocycles. The molecule has 0 radical (unpaired) electrons. The van der Waals surface area contributed by atoms with Crippen LogP contribution in [0.1, 0.15) is 11.8 Å². The predicted molar refractivity (Wildman–Crippen MR) is 108 cm³/mol. The second-order valence-electron chi connectivity index (χ2n) is 7.13. The van der Waals surface area contributed by atoms with E-state index in [9.17, 15) is 42.6 Å². The molecular weight excluding hydrogens is 508 g/mol. The molecule has 34 heavy (non-hydrogen) atoms. The number of benzene rings is 1. The number of phosphoric acid groups is 1. The molecule has 0 amide bonds. The van der Waals surface area contributed by atoms with Crippen molar-refractivity contribution in [3.05, 3.63) is 69.0 Å². The SMILES string of the molecule is O=c1ccn(C2OC(COP(=O)(O)O[P+](=O)O)C(O)[C@@H]2O)c(=O)n1CC(F)(F)c1ccccc1. The van der Waals surface area contributed by atoms with Crippen LogP contribution in [0, 0.1) is 0 Å². The zero-order valence-electron chi connectivity index (χ0n) is 17.0. The Balaban J connectivity index is 1.83. The first-order valence-electron chi connectivity index (χ1n) is 9.42. The summed E-state index contributed by atoms with van der Waals surface area (Å²) in [5.41, 5.74) is -2.78. The molecule has 0 spiro atoms. The minimum Gasteiger partial charge on any atom is -0.387 e. The first kappa shape index (κ1) is 26.4. The van der Waals surface area contributed by atoms with Crippen molar-refractivity contribution in [1.82, 2.24) is 9.13 Å². The van der Waals surface area contributed by atoms with Crippen molar-refractivity contribution in [2.75, 3.05) is 6.61 Å². The molecule has 4 N–H and O–H groups in total. The topological polar surface area (TPSA) is 187 Å². The number of aliphatic hydroxyl groups excluding tert-OH is 2. The molecule has 0 saturated carbocycles. The van der Waals surface area contributed by atoms with Crippen LogP contribution in [0.4, 0.5) is 8.78 Å². The van der Waals surface area contributed by atoms with Crippen LogP contribution in [0.15, 0.2) is 52.2 Å². The van der Waals surface area contributed by atoms with E-state index in [0.29, 0.717) is 4.57 Å². The van der Waals surface area contributed by atoms with E-state index in [1.807, 2.05) is 0 Å². The van der Waals surface area contributed by atoms with E-state index >= 15 is 0 Å². The maximum Gasteiger partial charge on any atom is 0.705 e. The number of alkyl halides is 2. The lowest BCUT2D eigenvalue weighted by Gasteiger charge is -2.21. The zero-order chi connectivity index (χ0) is 25.3. The van der Waals surface area contributed by atoms with Gasteiger partial charge in [0.15, 0.2) is 6.23 Å². The third-order valence-corrected chi connectivity index (χ3v) is 6.69. The van der Waals surface area contributed by atoms with Gasteiger partial charge in [-0.15, -0.1) is 4.89 Å². The van der Waals surface area contributed by atoms with Gasteiger partial charge in [0.25, 0.3) is 11.5 Å². The van der Waals surface area contributed by atoms with Gasteiger partial charge in [0.1, 0.15) is 18.3 Å². The quantitative estimate of drug-likeness (QED) is 0.327. The monoisotopic (exact) mass is 527 g/mol. The number of ether oxygens (including phenoxy) is 1. The Hall–Kier alpha value is -2.19. The lowest BCUT2D eigenvalue weighted by molar-refractivity contribution is -0.0567. The standard InChI is InChI=1S/C17H18F2N2O11P2/c18-17(19,10-4-2-1-3-5-10)9-21-12(22)6-7-20(16(21)25)15-14(24)13(23)11(31-15)8-30-34(28,29)32-33(26)27/h1-7,11,13-15,23-24H,8-9H2,(H-,26,27,28,29)/p+1/t11?,13?,14-,15?/m0/s1. The third kappa shape index (κ3) is 5.89. The van der Waals surface area contributed by atoms with Crippen molar-refractivity contribution >= 4 is 16.1 Å². The summed E-state index contributed by atoms with van der Waals surface area (Å²) >= 11 is 0. The number of aromatic nitrogens is 2. The van der Waals surface area contributed by atoms with E-state index in [1.165, 1.54) is 18.2 Å². The van der Waals surface area contributed by atoms with Crippen molar-refractivity contribution in [1.29, 1.82) is 0 Å². The number of hydrogen-bond donors (Lipinski definition) is 4. The Labute approximate surface area is 189 Å². The molecule has 1 fully saturated rings. The fourth-order valence-corrected chi connectivity index (χ4v) is 4.45. The molecule has 13 nitrogen and oxygen atoms in total. The van der Waals surface area contributed by atoms with Crippen LogP contribution in [0.2, 0.25) is 0 Å². The van der Waals surface area contributed by atoms with Crippen LogP contribution in [-0.2, 0) is 35.2 Å². The van der Waals surface area contributed by atoms with E-state index in [0.717, 1.165) is 24.4 Å². The molecule has 2 heterocycles. The lowest BCUT2D eigenvalue weighted by Crippen LogP contribution is -2.45. The molecular formula is C17H19F2N2O11P2+. The van der Waals surface area contributed by atoms with Crippen molar-refractivity contribution in [2.45, 2.75) is 37.0 Å². The highest BCUT2D eigenvalue weighted by Crippen LogP contribution is 2.51. The van der Waals surface area contributed by atoms with Crippen LogP contribution >= 0.6 is 16.1 Å². The van der Waals surface area contributed by atoms with E-state index < -0.39 is 76.5 Å². The Morgan fingerprint density at radius 1 is 1.15 bits per heavy atom. The van der Waals surface area contributed by atoms with Crippen LogP contribution < -0.4 is 11.2 Å². The van der Waals surface area contributed by atoms with Gasteiger partial charge in [-0.2, -0.15) is 8.78 Å². The molecule has 1 aromatic carbocycles. The van der Waals surface area contributed by atoms with Crippen molar-refractivity contribution in [2.24, 2.45) is 0 Å². The number of halogens is 2. The second-order valence-corrected chi connectivity index (χ2v) is 9.45. The van der Waals surface area contributed by atoms with Gasteiger partial charge in [0.2, 0.25) is 0 Å². The summed E-state index contributed by atoms with van der Waals surface area (Å²) in [4.78, 5) is 42.8. The minimum atomic E-state index is -5.02. The Morgan fingerprint density at radius 2 is 1.79 bits per heavy atom. The zero-order valence-corrected chi connectivity index (χ0v) is 18.7. The number of rotatable bonds is 9. The van der Waals surface area contributed by atoms with Gasteiger partial charge < -0.3 is 14.9 Å². The Bertz CT molecular complexity index is 1210. The average molecular weight is 527 g/mol. The van der Waals surface area contributed by atoms with Gasteiger partial charge in [0, 0.05) is 22.4 Å². The van der Waals surface area contributed by atoms with Crippen molar-refractivity contribution in [3.63, 3.8) is 0 Å². The number of aliphatic hydroxyl groups is 2. The fourth-order valence-electron chi connectivity index (χ4n) is 3.22. The van der Waals surface area contributed by atoms with Gasteiger partial charge in [-0.05, 0) is 4.31 Å². The summed E-state index contributed by atoms with van der Waals surface area (Å²) in [6.45, 7) is -2.25. The van der Waals surface area contributed by atoms with E-state index in [1.54, 1.807) is 0 Å². The molecule has 186 valence electrons. The summed E-state index contributed by atoms with van der Waals surface area (Å²) in [5.74, 6) is -3.61. The highest BCUT2D eigenvalue weighted by Gasteiger charge is 2.46. The van der Waals surface area contributed by atoms with Crippen LogP contribution in [-0.4, -0.2) is 54.1 Å². The fraction of sp³-hybridized carbons (Fsp3) is 0.412. The van der Waals surface area contributed by atoms with E-state index in [-0.39, 0.29) is 4.57 Å². The van der Waals surface area contributed by atoms with Gasteiger partial charge in [-0.3, -0.25) is 23.3 Å². The highest BCUT2D eigenvalue weighted by molar-refractivity contribution is 7.55. The van der Waals surface area contributed by atoms with Crippen LogP contribution in [0.3, 0.4) is 0 Å². The molecule has 0 bridgehead atoms. The number of nitrogens with zero attached hydrogens (tertiary/aromatic N) is 2. The smallest absolute Gasteiger partial charge is 0.387 e. The van der Waals surface area contributed by atoms with Crippen LogP contribution in [0.25, 0.3) is 0 Å². The molecule has 1 saturated heterocycles. The molecule has 17 heteroatoms. The summed E-state index contributed by atoms with van der Waals surface area (Å²) < 4.78 is 65.7. The van der Waals surface area contributed by atoms with Gasteiger partial charge in [0.05, 0.1) is 13.2 Å². The maximum atomic E-state index is 14.7. The summed E-state index contributed by atoms with van der Waals surface area (Å²) in [7, 11) is -8.52. The molecule has 0 aliphatic carbocycles. The summed E-state index contributed by atoms with van der Waals surface area (Å²) in [5, 5.41) is 20.4. The Kier molecular flexibility index (Phi) is 7.92. The summed E-state index contributed by atoms with van der Waals surface area (Å²) in [6.07, 6.45) is -6.02. The van der Waals surface area contributed by atoms with Crippen molar-refractivity contribution in [3.8, 4) is 0 Å². The maximum absolute atomic E-state index is 14.7. The molecule has 1 aliphatic heterocycles. The first-order chi connectivity index (χ1) is 15.8. The first-order valence-corrected chi connectivity index (χ1v) is 12.0. The van der Waals surface area contributed by atoms with Gasteiger partial charge in [-0.25, -0.2) is 9.36 Å². The lowest BCUT2D eigenvalue weighted by atomic mass is 10.1. The predicted octanol–water partition coefficient (Wildman–Crippen LogP) is 0.204. The molecule has 1 aliphatic rings. The molecule has 3 rings (SSSR count). The largest absolute Gasteiger partial charge is 0.705 e. The van der Waals surface area contributed by atoms with Crippen LogP contribution in [0.5, 0.6) is 0 Å².